The highest BCUT2D eigenvalue weighted by Crippen LogP contribution is 2.36. The summed E-state index contributed by atoms with van der Waals surface area (Å²) in [4.78, 5) is 1.33. The van der Waals surface area contributed by atoms with Gasteiger partial charge in [0.05, 0.1) is 5.56 Å². The van der Waals surface area contributed by atoms with Crippen LogP contribution >= 0.6 is 23.7 Å². The van der Waals surface area contributed by atoms with Crippen molar-refractivity contribution in [1.82, 2.24) is 0 Å². The van der Waals surface area contributed by atoms with Gasteiger partial charge >= 0.3 is 0 Å². The fraction of sp³-hybridized carbons (Fsp3) is 0.375. The van der Waals surface area contributed by atoms with Crippen molar-refractivity contribution >= 4 is 28.7 Å². The van der Waals surface area contributed by atoms with Gasteiger partial charge in [-0.25, -0.2) is 0 Å². The summed E-state index contributed by atoms with van der Waals surface area (Å²) in [7, 11) is 0. The molecule has 2 rings (SSSR count). The van der Waals surface area contributed by atoms with E-state index in [1.807, 2.05) is 0 Å². The van der Waals surface area contributed by atoms with Gasteiger partial charge < -0.3 is 5.73 Å². The second-order valence-corrected chi connectivity index (χ2v) is 3.85. The first-order valence-electron chi connectivity index (χ1n) is 3.63. The van der Waals surface area contributed by atoms with Crippen LogP contribution in [0.5, 0.6) is 0 Å². The summed E-state index contributed by atoms with van der Waals surface area (Å²) in [5, 5.41) is 9.45. The zero-order valence-corrected chi connectivity index (χ0v) is 8.10. The molecule has 0 atom stereocenters. The van der Waals surface area contributed by atoms with E-state index in [0.29, 0.717) is 5.00 Å². The third kappa shape index (κ3) is 1.17. The molecule has 0 bridgehead atoms. The SMILES string of the molecule is Cl.N#Cc1c(N)sc2c1CCC2. The maximum Gasteiger partial charge on any atom is 0.104 e. The summed E-state index contributed by atoms with van der Waals surface area (Å²) < 4.78 is 0. The average molecular weight is 201 g/mol. The molecule has 12 heavy (non-hydrogen) atoms. The molecule has 2 nitrogen and oxygen atoms in total. The minimum Gasteiger partial charge on any atom is -0.389 e. The van der Waals surface area contributed by atoms with Crippen molar-refractivity contribution in [2.24, 2.45) is 0 Å². The van der Waals surface area contributed by atoms with E-state index in [0.717, 1.165) is 18.4 Å². The number of nitriles is 1. The van der Waals surface area contributed by atoms with Crippen molar-refractivity contribution in [3.8, 4) is 6.07 Å². The topological polar surface area (TPSA) is 49.8 Å². The van der Waals surface area contributed by atoms with Crippen molar-refractivity contribution in [1.29, 1.82) is 5.26 Å². The highest BCUT2D eigenvalue weighted by Gasteiger charge is 2.20. The molecule has 0 saturated carbocycles. The number of aryl methyl sites for hydroxylation is 1. The maximum absolute atomic E-state index is 8.75. The van der Waals surface area contributed by atoms with Crippen LogP contribution in [0.15, 0.2) is 0 Å². The third-order valence-electron chi connectivity index (χ3n) is 2.06. The standard InChI is InChI=1S/C8H8N2S.ClH/c9-4-6-5-2-1-3-7(5)11-8(6)10;/h1-3,10H2;1H. The smallest absolute Gasteiger partial charge is 0.104 e. The van der Waals surface area contributed by atoms with E-state index in [9.17, 15) is 0 Å². The van der Waals surface area contributed by atoms with Gasteiger partial charge in [-0.3, -0.25) is 0 Å². The number of halogens is 1. The van der Waals surface area contributed by atoms with Crippen LogP contribution in [0.25, 0.3) is 0 Å². The second-order valence-electron chi connectivity index (χ2n) is 2.71. The van der Waals surface area contributed by atoms with Gasteiger partial charge in [0.2, 0.25) is 0 Å². The Morgan fingerprint density at radius 1 is 1.42 bits per heavy atom. The Morgan fingerprint density at radius 3 is 2.83 bits per heavy atom. The molecule has 0 unspecified atom stereocenters. The van der Waals surface area contributed by atoms with E-state index in [2.05, 4.69) is 6.07 Å². The molecular formula is C8H9ClN2S. The van der Waals surface area contributed by atoms with Crippen LogP contribution in [0, 0.1) is 11.3 Å². The van der Waals surface area contributed by atoms with Gasteiger partial charge in [-0.15, -0.1) is 23.7 Å². The second kappa shape index (κ2) is 3.34. The van der Waals surface area contributed by atoms with E-state index in [1.165, 1.54) is 16.9 Å². The predicted octanol–water partition coefficient (Wildman–Crippen LogP) is 2.11. The molecule has 4 heteroatoms. The Morgan fingerprint density at radius 2 is 2.17 bits per heavy atom. The molecular weight excluding hydrogens is 192 g/mol. The normalized spacial score (nSPS) is 13.2. The molecule has 1 aromatic heterocycles. The monoisotopic (exact) mass is 200 g/mol. The molecule has 64 valence electrons. The van der Waals surface area contributed by atoms with Crippen molar-refractivity contribution < 1.29 is 0 Å². The van der Waals surface area contributed by atoms with Crippen LogP contribution in [-0.2, 0) is 12.8 Å². The van der Waals surface area contributed by atoms with Crippen LogP contribution in [-0.4, -0.2) is 0 Å². The largest absolute Gasteiger partial charge is 0.389 e. The van der Waals surface area contributed by atoms with Gasteiger partial charge in [-0.05, 0) is 24.8 Å². The molecule has 1 heterocycles. The Balaban J connectivity index is 0.000000720. The van der Waals surface area contributed by atoms with Crippen molar-refractivity contribution in [3.05, 3.63) is 16.0 Å². The Labute approximate surface area is 81.4 Å². The fourth-order valence-corrected chi connectivity index (χ4v) is 2.66. The number of rotatable bonds is 0. The molecule has 1 aromatic rings. The number of hydrogen-bond donors (Lipinski definition) is 1. The summed E-state index contributed by atoms with van der Waals surface area (Å²) in [6.45, 7) is 0. The van der Waals surface area contributed by atoms with Crippen LogP contribution < -0.4 is 5.73 Å². The lowest BCUT2D eigenvalue weighted by atomic mass is 10.1. The number of anilines is 1. The van der Waals surface area contributed by atoms with Crippen molar-refractivity contribution in [2.45, 2.75) is 19.3 Å². The first-order chi connectivity index (χ1) is 5.33. The molecule has 0 amide bonds. The van der Waals surface area contributed by atoms with E-state index in [1.54, 1.807) is 11.3 Å². The summed E-state index contributed by atoms with van der Waals surface area (Å²) in [5.41, 5.74) is 7.61. The molecule has 0 fully saturated rings. The fourth-order valence-electron chi connectivity index (χ4n) is 1.55. The molecule has 0 saturated heterocycles. The van der Waals surface area contributed by atoms with Crippen molar-refractivity contribution in [3.63, 3.8) is 0 Å². The summed E-state index contributed by atoms with van der Waals surface area (Å²) >= 11 is 1.58. The van der Waals surface area contributed by atoms with Gasteiger partial charge in [0, 0.05) is 4.88 Å². The first kappa shape index (κ1) is 9.37. The zero-order valence-electron chi connectivity index (χ0n) is 6.46. The summed E-state index contributed by atoms with van der Waals surface area (Å²) in [6.07, 6.45) is 3.36. The molecule has 0 radical (unpaired) electrons. The van der Waals surface area contributed by atoms with Crippen molar-refractivity contribution in [2.75, 3.05) is 5.73 Å². The first-order valence-corrected chi connectivity index (χ1v) is 4.44. The summed E-state index contributed by atoms with van der Waals surface area (Å²) in [6, 6.07) is 2.16. The minimum atomic E-state index is 0. The predicted molar refractivity (Wildman–Crippen MR) is 52.7 cm³/mol. The quantitative estimate of drug-likeness (QED) is 0.698. The van der Waals surface area contributed by atoms with Gasteiger partial charge in [0.15, 0.2) is 0 Å². The number of nitrogen functional groups attached to an aromatic ring is 1. The minimum absolute atomic E-state index is 0. The van der Waals surface area contributed by atoms with E-state index in [4.69, 9.17) is 11.0 Å². The zero-order chi connectivity index (χ0) is 7.84. The molecule has 0 spiro atoms. The van der Waals surface area contributed by atoms with E-state index in [-0.39, 0.29) is 12.4 Å². The number of fused-ring (bicyclic) bond motifs is 1. The Hall–Kier alpha value is -0.720. The summed E-state index contributed by atoms with van der Waals surface area (Å²) in [5.74, 6) is 0. The van der Waals surface area contributed by atoms with Crippen LogP contribution in [0.3, 0.4) is 0 Å². The van der Waals surface area contributed by atoms with Gasteiger partial charge in [0.25, 0.3) is 0 Å². The molecule has 0 aromatic carbocycles. The number of nitrogens with two attached hydrogens (primary N) is 1. The Kier molecular flexibility index (Phi) is 2.61. The molecule has 1 aliphatic rings. The number of nitrogens with zero attached hydrogens (tertiary/aromatic N) is 1. The average Bonchev–Trinajstić information content (AvgIpc) is 2.46. The highest BCUT2D eigenvalue weighted by molar-refractivity contribution is 7.16. The van der Waals surface area contributed by atoms with E-state index >= 15 is 0 Å². The molecule has 2 N–H and O–H groups in total. The lowest BCUT2D eigenvalue weighted by molar-refractivity contribution is 0.914. The lowest BCUT2D eigenvalue weighted by Gasteiger charge is -1.88. The van der Waals surface area contributed by atoms with Gasteiger partial charge in [-0.1, -0.05) is 0 Å². The van der Waals surface area contributed by atoms with Crippen LogP contribution in [0.4, 0.5) is 5.00 Å². The third-order valence-corrected chi connectivity index (χ3v) is 3.18. The van der Waals surface area contributed by atoms with E-state index < -0.39 is 0 Å². The maximum atomic E-state index is 8.75. The number of thiophene rings is 1. The Bertz CT molecular complexity index is 338. The highest BCUT2D eigenvalue weighted by atomic mass is 35.5. The number of hydrogen-bond acceptors (Lipinski definition) is 3. The van der Waals surface area contributed by atoms with Crippen LogP contribution in [0.1, 0.15) is 22.4 Å². The lowest BCUT2D eigenvalue weighted by Crippen LogP contribution is -1.86. The van der Waals surface area contributed by atoms with Crippen LogP contribution in [0.2, 0.25) is 0 Å². The molecule has 0 aliphatic heterocycles. The molecule has 1 aliphatic carbocycles. The van der Waals surface area contributed by atoms with Gasteiger partial charge in [-0.2, -0.15) is 5.26 Å². The van der Waals surface area contributed by atoms with Gasteiger partial charge in [0.1, 0.15) is 11.1 Å².